The maximum atomic E-state index is 12.4. The summed E-state index contributed by atoms with van der Waals surface area (Å²) in [5.74, 6) is 0.670. The maximum absolute atomic E-state index is 12.4. The summed E-state index contributed by atoms with van der Waals surface area (Å²) in [7, 11) is 3.93. The highest BCUT2D eigenvalue weighted by Gasteiger charge is 2.10. The van der Waals surface area contributed by atoms with Gasteiger partial charge in [-0.2, -0.15) is 0 Å². The smallest absolute Gasteiger partial charge is 0.257 e. The average Bonchev–Trinajstić information content (AvgIpc) is 3.11. The standard InChI is InChI=1S/C20H21N3O2S/c1-4-25-17-11-7-14(8-12-17)18-13-26-20(21-18)22-19(24)15-5-9-16(10-6-15)23(2)3/h5-13H,4H2,1-3H3,(H,21,22,24). The number of benzene rings is 2. The Balaban J connectivity index is 1.68. The first kappa shape index (κ1) is 17.9. The van der Waals surface area contributed by atoms with Gasteiger partial charge in [0, 0.05) is 36.3 Å². The topological polar surface area (TPSA) is 54.5 Å². The molecule has 0 aliphatic heterocycles. The van der Waals surface area contributed by atoms with E-state index >= 15 is 0 Å². The summed E-state index contributed by atoms with van der Waals surface area (Å²) in [4.78, 5) is 18.9. The van der Waals surface area contributed by atoms with Crippen molar-refractivity contribution < 1.29 is 9.53 Å². The third-order valence-electron chi connectivity index (χ3n) is 3.83. The summed E-state index contributed by atoms with van der Waals surface area (Å²) in [5.41, 5.74) is 3.47. The van der Waals surface area contributed by atoms with Crippen molar-refractivity contribution in [1.29, 1.82) is 0 Å². The number of amides is 1. The molecule has 0 atom stereocenters. The Hall–Kier alpha value is -2.86. The quantitative estimate of drug-likeness (QED) is 0.696. The summed E-state index contributed by atoms with van der Waals surface area (Å²) in [6.07, 6.45) is 0. The minimum absolute atomic E-state index is 0.164. The molecule has 0 fully saturated rings. The van der Waals surface area contributed by atoms with E-state index in [0.29, 0.717) is 17.3 Å². The molecular weight excluding hydrogens is 346 g/mol. The van der Waals surface area contributed by atoms with Crippen LogP contribution in [0.15, 0.2) is 53.9 Å². The summed E-state index contributed by atoms with van der Waals surface area (Å²) >= 11 is 1.41. The van der Waals surface area contributed by atoms with Crippen molar-refractivity contribution in [1.82, 2.24) is 4.98 Å². The fourth-order valence-electron chi connectivity index (χ4n) is 2.43. The van der Waals surface area contributed by atoms with E-state index in [1.807, 2.05) is 79.8 Å². The number of carbonyl (C=O) groups is 1. The number of carbonyl (C=O) groups excluding carboxylic acids is 1. The molecule has 0 bridgehead atoms. The fraction of sp³-hybridized carbons (Fsp3) is 0.200. The van der Waals surface area contributed by atoms with E-state index in [9.17, 15) is 4.79 Å². The lowest BCUT2D eigenvalue weighted by molar-refractivity contribution is 0.102. The zero-order chi connectivity index (χ0) is 18.5. The lowest BCUT2D eigenvalue weighted by Gasteiger charge is -2.12. The third kappa shape index (κ3) is 4.21. The number of aromatic nitrogens is 1. The maximum Gasteiger partial charge on any atom is 0.257 e. The predicted octanol–water partition coefficient (Wildman–Crippen LogP) is 4.53. The fourth-order valence-corrected chi connectivity index (χ4v) is 3.15. The van der Waals surface area contributed by atoms with Gasteiger partial charge in [-0.1, -0.05) is 0 Å². The zero-order valence-corrected chi connectivity index (χ0v) is 15.8. The number of nitrogens with one attached hydrogen (secondary N) is 1. The van der Waals surface area contributed by atoms with E-state index in [2.05, 4.69) is 10.3 Å². The molecule has 5 nitrogen and oxygen atoms in total. The molecule has 26 heavy (non-hydrogen) atoms. The number of rotatable bonds is 6. The molecular formula is C20H21N3O2S. The highest BCUT2D eigenvalue weighted by atomic mass is 32.1. The molecule has 134 valence electrons. The summed E-state index contributed by atoms with van der Waals surface area (Å²) in [6, 6.07) is 15.2. The molecule has 0 radical (unpaired) electrons. The monoisotopic (exact) mass is 367 g/mol. The molecule has 0 spiro atoms. The van der Waals surface area contributed by atoms with Crippen LogP contribution in [-0.2, 0) is 0 Å². The molecule has 0 unspecified atom stereocenters. The normalized spacial score (nSPS) is 10.4. The Morgan fingerprint density at radius 1 is 1.12 bits per heavy atom. The number of thiazole rings is 1. The van der Waals surface area contributed by atoms with Crippen LogP contribution < -0.4 is 15.0 Å². The zero-order valence-electron chi connectivity index (χ0n) is 15.0. The molecule has 0 aliphatic rings. The molecule has 1 amide bonds. The summed E-state index contributed by atoms with van der Waals surface area (Å²) in [5, 5.41) is 5.37. The van der Waals surface area contributed by atoms with Crippen LogP contribution >= 0.6 is 11.3 Å². The van der Waals surface area contributed by atoms with Gasteiger partial charge in [0.15, 0.2) is 5.13 Å². The Labute approximate surface area is 157 Å². The second kappa shape index (κ2) is 8.01. The van der Waals surface area contributed by atoms with Crippen molar-refractivity contribution >= 4 is 28.1 Å². The Morgan fingerprint density at radius 3 is 2.42 bits per heavy atom. The molecule has 6 heteroatoms. The van der Waals surface area contributed by atoms with Gasteiger partial charge >= 0.3 is 0 Å². The predicted molar refractivity (Wildman–Crippen MR) is 107 cm³/mol. The Kier molecular flexibility index (Phi) is 5.53. The average molecular weight is 367 g/mol. The van der Waals surface area contributed by atoms with Crippen molar-refractivity contribution in [2.24, 2.45) is 0 Å². The van der Waals surface area contributed by atoms with Gasteiger partial charge in [-0.25, -0.2) is 4.98 Å². The van der Waals surface area contributed by atoms with Crippen LogP contribution in [0.25, 0.3) is 11.3 Å². The Bertz CT molecular complexity index is 871. The van der Waals surface area contributed by atoms with Crippen LogP contribution in [0.1, 0.15) is 17.3 Å². The van der Waals surface area contributed by atoms with E-state index < -0.39 is 0 Å². The number of ether oxygens (including phenoxy) is 1. The van der Waals surface area contributed by atoms with E-state index in [4.69, 9.17) is 4.74 Å². The summed E-state index contributed by atoms with van der Waals surface area (Å²) in [6.45, 7) is 2.60. The van der Waals surface area contributed by atoms with Crippen molar-refractivity contribution in [3.63, 3.8) is 0 Å². The number of nitrogens with zero attached hydrogens (tertiary/aromatic N) is 2. The van der Waals surface area contributed by atoms with Gasteiger partial charge in [0.1, 0.15) is 5.75 Å². The van der Waals surface area contributed by atoms with Crippen LogP contribution in [0.3, 0.4) is 0 Å². The van der Waals surface area contributed by atoms with Gasteiger partial charge < -0.3 is 9.64 Å². The van der Waals surface area contributed by atoms with Crippen LogP contribution in [0.5, 0.6) is 5.75 Å². The second-order valence-electron chi connectivity index (χ2n) is 5.89. The van der Waals surface area contributed by atoms with Crippen molar-refractivity contribution in [3.8, 4) is 17.0 Å². The van der Waals surface area contributed by atoms with Gasteiger partial charge in [0.05, 0.1) is 12.3 Å². The first-order chi connectivity index (χ1) is 12.6. The SMILES string of the molecule is CCOc1ccc(-c2csc(NC(=O)c3ccc(N(C)C)cc3)n2)cc1. The number of hydrogen-bond acceptors (Lipinski definition) is 5. The highest BCUT2D eigenvalue weighted by Crippen LogP contribution is 2.27. The first-order valence-electron chi connectivity index (χ1n) is 8.34. The van der Waals surface area contributed by atoms with Gasteiger partial charge in [0.25, 0.3) is 5.91 Å². The minimum Gasteiger partial charge on any atom is -0.494 e. The lowest BCUT2D eigenvalue weighted by Crippen LogP contribution is -2.13. The molecule has 3 aromatic rings. The van der Waals surface area contributed by atoms with Crippen molar-refractivity contribution in [2.45, 2.75) is 6.92 Å². The number of anilines is 2. The Morgan fingerprint density at radius 2 is 1.81 bits per heavy atom. The highest BCUT2D eigenvalue weighted by molar-refractivity contribution is 7.14. The van der Waals surface area contributed by atoms with Crippen LogP contribution in [0, 0.1) is 0 Å². The van der Waals surface area contributed by atoms with Crippen LogP contribution in [-0.4, -0.2) is 31.6 Å². The molecule has 3 rings (SSSR count). The van der Waals surface area contributed by atoms with Crippen LogP contribution in [0.2, 0.25) is 0 Å². The van der Waals surface area contributed by atoms with E-state index in [0.717, 1.165) is 22.7 Å². The molecule has 0 saturated carbocycles. The third-order valence-corrected chi connectivity index (χ3v) is 4.59. The lowest BCUT2D eigenvalue weighted by atomic mass is 10.2. The molecule has 1 aromatic heterocycles. The van der Waals surface area contributed by atoms with Gasteiger partial charge in [0.2, 0.25) is 0 Å². The summed E-state index contributed by atoms with van der Waals surface area (Å²) < 4.78 is 5.45. The molecule has 1 heterocycles. The van der Waals surface area contributed by atoms with Gasteiger partial charge in [-0.05, 0) is 55.5 Å². The molecule has 0 saturated heterocycles. The number of hydrogen-bond donors (Lipinski definition) is 1. The van der Waals surface area contributed by atoms with Crippen LogP contribution in [0.4, 0.5) is 10.8 Å². The van der Waals surface area contributed by atoms with Crippen molar-refractivity contribution in [2.75, 3.05) is 30.9 Å². The van der Waals surface area contributed by atoms with E-state index in [-0.39, 0.29) is 5.91 Å². The molecule has 1 N–H and O–H groups in total. The minimum atomic E-state index is -0.164. The first-order valence-corrected chi connectivity index (χ1v) is 9.22. The molecule has 2 aromatic carbocycles. The largest absolute Gasteiger partial charge is 0.494 e. The van der Waals surface area contributed by atoms with E-state index in [1.165, 1.54) is 11.3 Å². The molecule has 0 aliphatic carbocycles. The second-order valence-corrected chi connectivity index (χ2v) is 6.75. The van der Waals surface area contributed by atoms with Crippen molar-refractivity contribution in [3.05, 3.63) is 59.5 Å². The van der Waals surface area contributed by atoms with Gasteiger partial charge in [-0.15, -0.1) is 11.3 Å². The van der Waals surface area contributed by atoms with Gasteiger partial charge in [-0.3, -0.25) is 10.1 Å². The van der Waals surface area contributed by atoms with E-state index in [1.54, 1.807) is 0 Å².